The van der Waals surface area contributed by atoms with E-state index in [1.165, 1.54) is 0 Å². The van der Waals surface area contributed by atoms with Gasteiger partial charge in [-0.15, -0.1) is 0 Å². The first-order valence-electron chi connectivity index (χ1n) is 7.72. The molecule has 2 aromatic rings. The molecular formula is C17H21ClN4O. The fraction of sp³-hybridized carbons (Fsp3) is 0.412. The van der Waals surface area contributed by atoms with Crippen LogP contribution in [0.25, 0.3) is 11.3 Å². The lowest BCUT2D eigenvalue weighted by Gasteiger charge is -2.42. The van der Waals surface area contributed by atoms with Gasteiger partial charge in [-0.1, -0.05) is 37.6 Å². The van der Waals surface area contributed by atoms with E-state index >= 15 is 0 Å². The van der Waals surface area contributed by atoms with E-state index < -0.39 is 0 Å². The average molecular weight is 333 g/mol. The smallest absolute Gasteiger partial charge is 0.257 e. The Morgan fingerprint density at radius 1 is 1.39 bits per heavy atom. The van der Waals surface area contributed by atoms with E-state index in [1.807, 2.05) is 17.0 Å². The van der Waals surface area contributed by atoms with Gasteiger partial charge >= 0.3 is 0 Å². The Morgan fingerprint density at radius 2 is 2.09 bits per heavy atom. The van der Waals surface area contributed by atoms with Crippen LogP contribution in [0, 0.1) is 5.41 Å². The molecule has 122 valence electrons. The number of benzene rings is 1. The number of halogens is 1. The molecule has 0 spiro atoms. The SMILES string of the molecule is CC1(C)CN(C(=O)c2cn[nH]c2-c2ccc(Cl)cc2)CCC1N. The molecule has 2 heterocycles. The summed E-state index contributed by atoms with van der Waals surface area (Å²) in [4.78, 5) is 14.8. The largest absolute Gasteiger partial charge is 0.338 e. The zero-order chi connectivity index (χ0) is 16.6. The van der Waals surface area contributed by atoms with Crippen molar-refractivity contribution in [2.24, 2.45) is 11.1 Å². The molecule has 6 heteroatoms. The van der Waals surface area contributed by atoms with Crippen LogP contribution in [-0.2, 0) is 0 Å². The molecule has 1 unspecified atom stereocenters. The predicted octanol–water partition coefficient (Wildman–Crippen LogP) is 2.93. The minimum absolute atomic E-state index is 0.0105. The average Bonchev–Trinajstić information content (AvgIpc) is 2.99. The van der Waals surface area contributed by atoms with Crippen LogP contribution >= 0.6 is 11.6 Å². The monoisotopic (exact) mass is 332 g/mol. The zero-order valence-corrected chi connectivity index (χ0v) is 14.1. The van der Waals surface area contributed by atoms with Gasteiger partial charge in [-0.2, -0.15) is 5.10 Å². The molecule has 3 rings (SSSR count). The summed E-state index contributed by atoms with van der Waals surface area (Å²) in [7, 11) is 0. The van der Waals surface area contributed by atoms with Gasteiger partial charge in [0.1, 0.15) is 0 Å². The molecule has 0 saturated carbocycles. The Hall–Kier alpha value is -1.85. The van der Waals surface area contributed by atoms with E-state index in [9.17, 15) is 4.79 Å². The number of piperidine rings is 1. The van der Waals surface area contributed by atoms with Crippen molar-refractivity contribution in [2.75, 3.05) is 13.1 Å². The summed E-state index contributed by atoms with van der Waals surface area (Å²) in [6, 6.07) is 7.47. The third-order valence-corrected chi connectivity index (χ3v) is 4.85. The van der Waals surface area contributed by atoms with E-state index in [2.05, 4.69) is 24.0 Å². The Morgan fingerprint density at radius 3 is 2.74 bits per heavy atom. The lowest BCUT2D eigenvalue weighted by molar-refractivity contribution is 0.0534. The van der Waals surface area contributed by atoms with E-state index in [-0.39, 0.29) is 17.4 Å². The third kappa shape index (κ3) is 3.12. The van der Waals surface area contributed by atoms with E-state index in [0.29, 0.717) is 23.7 Å². The lowest BCUT2D eigenvalue weighted by Crippen LogP contribution is -2.54. The number of likely N-dealkylation sites (tertiary alicyclic amines) is 1. The first-order chi connectivity index (χ1) is 10.9. The number of H-pyrrole nitrogens is 1. The first-order valence-corrected chi connectivity index (χ1v) is 8.10. The number of nitrogens with two attached hydrogens (primary N) is 1. The number of carbonyl (C=O) groups is 1. The molecule has 0 bridgehead atoms. The number of nitrogens with one attached hydrogen (secondary N) is 1. The Balaban J connectivity index is 1.87. The van der Waals surface area contributed by atoms with Crippen molar-refractivity contribution in [1.82, 2.24) is 15.1 Å². The van der Waals surface area contributed by atoms with Gasteiger partial charge in [0.15, 0.2) is 0 Å². The van der Waals surface area contributed by atoms with Gasteiger partial charge in [-0.25, -0.2) is 0 Å². The summed E-state index contributed by atoms with van der Waals surface area (Å²) < 4.78 is 0. The maximum atomic E-state index is 12.9. The summed E-state index contributed by atoms with van der Waals surface area (Å²) in [6.07, 6.45) is 2.40. The van der Waals surface area contributed by atoms with Gasteiger partial charge < -0.3 is 10.6 Å². The third-order valence-electron chi connectivity index (χ3n) is 4.60. The fourth-order valence-corrected chi connectivity index (χ4v) is 3.13. The summed E-state index contributed by atoms with van der Waals surface area (Å²) >= 11 is 5.93. The maximum absolute atomic E-state index is 12.9. The van der Waals surface area contributed by atoms with Crippen LogP contribution in [0.5, 0.6) is 0 Å². The van der Waals surface area contributed by atoms with Crippen molar-refractivity contribution in [2.45, 2.75) is 26.3 Å². The first kappa shape index (κ1) is 16.0. The van der Waals surface area contributed by atoms with Crippen LogP contribution in [-0.4, -0.2) is 40.1 Å². The maximum Gasteiger partial charge on any atom is 0.257 e. The number of nitrogens with zero attached hydrogens (tertiary/aromatic N) is 2. The predicted molar refractivity (Wildman–Crippen MR) is 91.3 cm³/mol. The minimum Gasteiger partial charge on any atom is -0.338 e. The highest BCUT2D eigenvalue weighted by Gasteiger charge is 2.36. The molecule has 1 aliphatic rings. The van der Waals surface area contributed by atoms with Gasteiger partial charge in [0.05, 0.1) is 17.5 Å². The fourth-order valence-electron chi connectivity index (χ4n) is 3.00. The van der Waals surface area contributed by atoms with Crippen molar-refractivity contribution in [3.63, 3.8) is 0 Å². The molecule has 23 heavy (non-hydrogen) atoms. The number of aromatic nitrogens is 2. The summed E-state index contributed by atoms with van der Waals surface area (Å²) in [5.41, 5.74) is 8.27. The molecule has 1 saturated heterocycles. The number of hydrogen-bond donors (Lipinski definition) is 2. The van der Waals surface area contributed by atoms with Gasteiger partial charge in [0.25, 0.3) is 5.91 Å². The van der Waals surface area contributed by atoms with E-state index in [4.69, 9.17) is 17.3 Å². The molecular weight excluding hydrogens is 312 g/mol. The normalized spacial score (nSPS) is 20.5. The standard InChI is InChI=1S/C17H21ClN4O/c1-17(2)10-22(8-7-14(17)19)16(23)13-9-20-21-15(13)11-3-5-12(18)6-4-11/h3-6,9,14H,7-8,10,19H2,1-2H3,(H,20,21). The van der Waals surface area contributed by atoms with Gasteiger partial charge in [-0.05, 0) is 24.0 Å². The minimum atomic E-state index is -0.0852. The summed E-state index contributed by atoms with van der Waals surface area (Å²) in [5.74, 6) is -0.0105. The lowest BCUT2D eigenvalue weighted by atomic mass is 9.79. The molecule has 1 atom stereocenters. The molecule has 0 aliphatic carbocycles. The second-order valence-corrected chi connectivity index (χ2v) is 7.21. The van der Waals surface area contributed by atoms with Gasteiger partial charge in [0.2, 0.25) is 0 Å². The molecule has 1 amide bonds. The van der Waals surface area contributed by atoms with Crippen molar-refractivity contribution < 1.29 is 4.79 Å². The molecule has 5 nitrogen and oxygen atoms in total. The quantitative estimate of drug-likeness (QED) is 0.887. The van der Waals surface area contributed by atoms with Crippen LogP contribution in [0.4, 0.5) is 0 Å². The highest BCUT2D eigenvalue weighted by molar-refractivity contribution is 6.30. The van der Waals surface area contributed by atoms with Crippen molar-refractivity contribution in [3.8, 4) is 11.3 Å². The topological polar surface area (TPSA) is 75.0 Å². The molecule has 1 aliphatic heterocycles. The Kier molecular flexibility index (Phi) is 4.17. The number of hydrogen-bond acceptors (Lipinski definition) is 3. The second kappa shape index (κ2) is 5.98. The molecule has 3 N–H and O–H groups in total. The van der Waals surface area contributed by atoms with Crippen LogP contribution in [0.2, 0.25) is 5.02 Å². The number of rotatable bonds is 2. The Labute approximate surface area is 140 Å². The van der Waals surface area contributed by atoms with Gasteiger partial charge in [0, 0.05) is 29.7 Å². The highest BCUT2D eigenvalue weighted by Crippen LogP contribution is 2.30. The second-order valence-electron chi connectivity index (χ2n) is 6.78. The molecule has 1 aromatic heterocycles. The summed E-state index contributed by atoms with van der Waals surface area (Å²) in [5, 5.41) is 7.64. The van der Waals surface area contributed by atoms with Crippen molar-refractivity contribution in [3.05, 3.63) is 41.0 Å². The number of aromatic amines is 1. The van der Waals surface area contributed by atoms with E-state index in [0.717, 1.165) is 17.7 Å². The van der Waals surface area contributed by atoms with Crippen molar-refractivity contribution in [1.29, 1.82) is 0 Å². The molecule has 1 aromatic carbocycles. The van der Waals surface area contributed by atoms with Crippen LogP contribution < -0.4 is 5.73 Å². The van der Waals surface area contributed by atoms with Crippen LogP contribution in [0.15, 0.2) is 30.5 Å². The zero-order valence-electron chi connectivity index (χ0n) is 13.3. The van der Waals surface area contributed by atoms with Crippen LogP contribution in [0.1, 0.15) is 30.6 Å². The highest BCUT2D eigenvalue weighted by atomic mass is 35.5. The summed E-state index contributed by atoms with van der Waals surface area (Å²) in [6.45, 7) is 5.53. The van der Waals surface area contributed by atoms with E-state index in [1.54, 1.807) is 18.3 Å². The number of carbonyl (C=O) groups excluding carboxylic acids is 1. The molecule has 0 radical (unpaired) electrons. The number of amides is 1. The van der Waals surface area contributed by atoms with Crippen molar-refractivity contribution >= 4 is 17.5 Å². The molecule has 1 fully saturated rings. The Bertz CT molecular complexity index is 708. The van der Waals surface area contributed by atoms with Gasteiger partial charge in [-0.3, -0.25) is 9.89 Å². The van der Waals surface area contributed by atoms with Crippen LogP contribution in [0.3, 0.4) is 0 Å².